The molecule has 2 aromatic carbocycles. The molecule has 4 aromatic rings. The minimum atomic E-state index is -0.961. The number of furan rings is 2. The molecule has 0 amide bonds. The van der Waals surface area contributed by atoms with Crippen molar-refractivity contribution in [2.24, 2.45) is 0 Å². The number of halogens is 2. The zero-order valence-electron chi connectivity index (χ0n) is 10.4. The van der Waals surface area contributed by atoms with Gasteiger partial charge in [0.2, 0.25) is 0 Å². The van der Waals surface area contributed by atoms with Crippen LogP contribution in [0.1, 0.15) is 0 Å². The number of rotatable bonds is 0. The van der Waals surface area contributed by atoms with Gasteiger partial charge in [-0.05, 0) is 43.3 Å². The molecule has 2 heterocycles. The maximum absolute atomic E-state index is 12.0. The summed E-state index contributed by atoms with van der Waals surface area (Å²) < 4.78 is 10.3. The lowest BCUT2D eigenvalue weighted by Gasteiger charge is -2.04. The first-order chi connectivity index (χ1) is 10.4. The van der Waals surface area contributed by atoms with Crippen molar-refractivity contribution in [1.29, 1.82) is 0 Å². The van der Waals surface area contributed by atoms with Crippen LogP contribution in [0.3, 0.4) is 0 Å². The molecule has 0 N–H and O–H groups in total. The van der Waals surface area contributed by atoms with E-state index in [2.05, 4.69) is 40.7 Å². The first-order valence-corrected chi connectivity index (χ1v) is 7.51. The van der Waals surface area contributed by atoms with Gasteiger partial charge in [0.15, 0.2) is 0 Å². The minimum Gasteiger partial charge on any atom is -0.386 e. The van der Waals surface area contributed by atoms with Gasteiger partial charge < -0.3 is 8.83 Å². The van der Waals surface area contributed by atoms with E-state index in [1.54, 1.807) is 12.1 Å². The Bertz CT molecular complexity index is 1320. The van der Waals surface area contributed by atoms with Crippen molar-refractivity contribution in [3.63, 3.8) is 0 Å². The highest BCUT2D eigenvalue weighted by Gasteiger charge is 2.25. The molecule has 6 nitrogen and oxygen atoms in total. The molecule has 0 radical (unpaired) electrons. The summed E-state index contributed by atoms with van der Waals surface area (Å²) in [7, 11) is 0. The Kier molecular flexibility index (Phi) is 2.62. The zero-order valence-corrected chi connectivity index (χ0v) is 13.5. The van der Waals surface area contributed by atoms with E-state index in [0.717, 1.165) is 0 Å². The monoisotopic (exact) mass is 424 g/mol. The summed E-state index contributed by atoms with van der Waals surface area (Å²) in [4.78, 5) is 47.8. The average molecular weight is 426 g/mol. The molecule has 0 fully saturated rings. The van der Waals surface area contributed by atoms with Gasteiger partial charge in [0.05, 0.1) is 21.5 Å². The summed E-state index contributed by atoms with van der Waals surface area (Å²) in [5.74, 6) is 0. The number of hydrogen-bond acceptors (Lipinski definition) is 6. The minimum absolute atomic E-state index is 0.0291. The third-order valence-electron chi connectivity index (χ3n) is 3.55. The van der Waals surface area contributed by atoms with Gasteiger partial charge in [0.25, 0.3) is 0 Å². The lowest BCUT2D eigenvalue weighted by molar-refractivity contribution is 0.497. The van der Waals surface area contributed by atoms with Crippen LogP contribution in [0.4, 0.5) is 0 Å². The molecule has 8 heteroatoms. The largest absolute Gasteiger partial charge is 0.386 e. The fourth-order valence-corrected chi connectivity index (χ4v) is 3.58. The molecule has 0 aliphatic carbocycles. The van der Waals surface area contributed by atoms with Crippen molar-refractivity contribution in [3.05, 3.63) is 62.8 Å². The second-order valence-corrected chi connectivity index (χ2v) is 6.29. The molecule has 22 heavy (non-hydrogen) atoms. The molecule has 108 valence electrons. The van der Waals surface area contributed by atoms with Crippen LogP contribution in [0.2, 0.25) is 0 Å². The van der Waals surface area contributed by atoms with E-state index < -0.39 is 22.5 Å². The molecule has 0 atom stereocenters. The Hall–Kier alpha value is -2.06. The van der Waals surface area contributed by atoms with Crippen LogP contribution in [0, 0.1) is 0 Å². The summed E-state index contributed by atoms with van der Waals surface area (Å²) in [5, 5.41) is 0.161. The predicted molar refractivity (Wildman–Crippen MR) is 86.3 cm³/mol. The highest BCUT2D eigenvalue weighted by Crippen LogP contribution is 2.37. The van der Waals surface area contributed by atoms with Crippen molar-refractivity contribution in [2.75, 3.05) is 0 Å². The lowest BCUT2D eigenvalue weighted by Crippen LogP contribution is -1.99. The molecule has 0 spiro atoms. The molecule has 0 unspecified atom stereocenters. The van der Waals surface area contributed by atoms with Crippen LogP contribution in [-0.2, 0) is 0 Å². The van der Waals surface area contributed by atoms with Crippen LogP contribution in [0.25, 0.3) is 32.3 Å². The van der Waals surface area contributed by atoms with Crippen molar-refractivity contribution in [1.82, 2.24) is 0 Å². The second-order valence-electron chi connectivity index (χ2n) is 4.64. The summed E-state index contributed by atoms with van der Waals surface area (Å²) in [6, 6.07) is 3.22. The van der Waals surface area contributed by atoms with Gasteiger partial charge >= 0.3 is 22.5 Å². The third kappa shape index (κ3) is 1.48. The number of hydrogen-bond donors (Lipinski definition) is 0. The van der Waals surface area contributed by atoms with Gasteiger partial charge in [-0.1, -0.05) is 6.07 Å². The van der Waals surface area contributed by atoms with Crippen LogP contribution < -0.4 is 22.5 Å². The van der Waals surface area contributed by atoms with Crippen LogP contribution >= 0.6 is 31.9 Å². The van der Waals surface area contributed by atoms with Crippen molar-refractivity contribution < 1.29 is 8.83 Å². The van der Waals surface area contributed by atoms with E-state index in [9.17, 15) is 19.2 Å². The molecule has 4 rings (SSSR count). The topological polar surface area (TPSA) is 94.6 Å². The number of fused-ring (bicyclic) bond motifs is 6. The van der Waals surface area contributed by atoms with Gasteiger partial charge in [-0.3, -0.25) is 0 Å². The second kappa shape index (κ2) is 4.23. The quantitative estimate of drug-likeness (QED) is 0.428. The van der Waals surface area contributed by atoms with Gasteiger partial charge in [0, 0.05) is 14.3 Å². The Morgan fingerprint density at radius 2 is 1.09 bits per heavy atom. The van der Waals surface area contributed by atoms with E-state index in [0.29, 0.717) is 19.7 Å². The van der Waals surface area contributed by atoms with Gasteiger partial charge in [-0.25, -0.2) is 19.2 Å². The number of benzene rings is 2. The first kappa shape index (κ1) is 13.6. The Labute approximate surface area is 135 Å². The van der Waals surface area contributed by atoms with Crippen LogP contribution in [0.15, 0.2) is 49.1 Å². The van der Waals surface area contributed by atoms with E-state index in [-0.39, 0.29) is 21.5 Å². The van der Waals surface area contributed by atoms with Crippen molar-refractivity contribution in [3.8, 4) is 0 Å². The molecule has 0 saturated carbocycles. The van der Waals surface area contributed by atoms with E-state index in [1.165, 1.54) is 0 Å². The molecule has 0 aliphatic heterocycles. The van der Waals surface area contributed by atoms with E-state index in [1.807, 2.05) is 0 Å². The summed E-state index contributed by atoms with van der Waals surface area (Å²) in [5.41, 5.74) is -3.63. The fourth-order valence-electron chi connectivity index (χ4n) is 2.71. The highest BCUT2D eigenvalue weighted by molar-refractivity contribution is 9.13. The summed E-state index contributed by atoms with van der Waals surface area (Å²) in [6.07, 6.45) is 0. The zero-order chi connectivity index (χ0) is 15.8. The van der Waals surface area contributed by atoms with Gasteiger partial charge in [-0.15, -0.1) is 0 Å². The van der Waals surface area contributed by atoms with Crippen LogP contribution in [-0.4, -0.2) is 0 Å². The lowest BCUT2D eigenvalue weighted by atomic mass is 9.99. The summed E-state index contributed by atoms with van der Waals surface area (Å²) in [6.45, 7) is 0. The maximum Gasteiger partial charge on any atom is 0.347 e. The molecule has 2 aromatic heterocycles. The summed E-state index contributed by atoms with van der Waals surface area (Å²) >= 11 is 6.62. The molecular formula is C14H2Br2O6. The fraction of sp³-hybridized carbons (Fsp3) is 0. The third-order valence-corrected chi connectivity index (χ3v) is 5.57. The SMILES string of the molecule is O=c1oc(=O)c2c1c1ccc(Br)c(Br)c1c1c(=O)oc(=O)c12. The van der Waals surface area contributed by atoms with Gasteiger partial charge in [0.1, 0.15) is 0 Å². The molecule has 0 saturated heterocycles. The average Bonchev–Trinajstić information content (AvgIpc) is 2.91. The van der Waals surface area contributed by atoms with Crippen LogP contribution in [0.5, 0.6) is 0 Å². The van der Waals surface area contributed by atoms with Crippen molar-refractivity contribution >= 4 is 64.2 Å². The smallest absolute Gasteiger partial charge is 0.347 e. The molecule has 0 bridgehead atoms. The molecular weight excluding hydrogens is 424 g/mol. The Morgan fingerprint density at radius 3 is 1.68 bits per heavy atom. The van der Waals surface area contributed by atoms with E-state index in [4.69, 9.17) is 0 Å². The normalized spacial score (nSPS) is 11.9. The maximum atomic E-state index is 12.0. The molecule has 0 aliphatic rings. The highest BCUT2D eigenvalue weighted by atomic mass is 79.9. The van der Waals surface area contributed by atoms with Gasteiger partial charge in [-0.2, -0.15) is 0 Å². The standard InChI is InChI=1S/C14H2Br2O6/c15-4-2-1-3-5(10(4)16)7-9(14(20)22-12(7)18)8-6(3)11(17)21-13(8)19/h1-2H. The van der Waals surface area contributed by atoms with Crippen molar-refractivity contribution in [2.45, 2.75) is 0 Å². The predicted octanol–water partition coefficient (Wildman–Crippen LogP) is 2.17. The first-order valence-electron chi connectivity index (χ1n) is 5.92. The van der Waals surface area contributed by atoms with E-state index >= 15 is 0 Å². The Balaban J connectivity index is 2.66. The Morgan fingerprint density at radius 1 is 0.636 bits per heavy atom.